The number of anilines is 1. The fraction of sp³-hybridized carbons (Fsp3) is 0.167. The monoisotopic (exact) mass is 514 g/mol. The highest BCUT2D eigenvalue weighted by Gasteiger charge is 2.28. The zero-order valence-corrected chi connectivity index (χ0v) is 20.8. The van der Waals surface area contributed by atoms with Gasteiger partial charge in [-0.2, -0.15) is 5.10 Å². The van der Waals surface area contributed by atoms with E-state index in [1.54, 1.807) is 31.2 Å². The van der Waals surface area contributed by atoms with Crippen molar-refractivity contribution in [3.63, 3.8) is 0 Å². The molecule has 0 fully saturated rings. The second-order valence-corrected chi connectivity index (χ2v) is 10.1. The minimum Gasteiger partial charge on any atom is -0.271 e. The number of hydrogen-bond acceptors (Lipinski definition) is 6. The molecular weight excluding hydrogens is 492 g/mol. The Kier molecular flexibility index (Phi) is 7.88. The maximum atomic E-state index is 13.5. The van der Waals surface area contributed by atoms with Gasteiger partial charge in [-0.1, -0.05) is 41.4 Å². The summed E-state index contributed by atoms with van der Waals surface area (Å²) in [7, 11) is -4.08. The van der Waals surface area contributed by atoms with Crippen molar-refractivity contribution >= 4 is 45.1 Å². The molecule has 3 rings (SSSR count). The Morgan fingerprint density at radius 1 is 1.06 bits per heavy atom. The summed E-state index contributed by atoms with van der Waals surface area (Å²) in [4.78, 5) is 23.2. The summed E-state index contributed by atoms with van der Waals surface area (Å²) in [6.07, 6.45) is 1.16. The van der Waals surface area contributed by atoms with Crippen LogP contribution in [-0.4, -0.2) is 32.0 Å². The van der Waals surface area contributed by atoms with Crippen LogP contribution in [0.5, 0.6) is 0 Å². The molecule has 0 bridgehead atoms. The number of hydrazone groups is 1. The van der Waals surface area contributed by atoms with Crippen LogP contribution in [0.1, 0.15) is 22.3 Å². The van der Waals surface area contributed by atoms with Crippen LogP contribution < -0.4 is 9.73 Å². The van der Waals surface area contributed by atoms with Crippen LogP contribution in [0.4, 0.5) is 11.4 Å². The number of sulfonamides is 1. The number of carbonyl (C=O) groups excluding carboxylic acids is 1. The Hall–Kier alpha value is -3.76. The zero-order chi connectivity index (χ0) is 25.8. The molecule has 3 aromatic carbocycles. The second-order valence-electron chi connectivity index (χ2n) is 7.87. The van der Waals surface area contributed by atoms with Crippen molar-refractivity contribution < 1.29 is 18.1 Å². The van der Waals surface area contributed by atoms with Crippen molar-refractivity contribution in [1.82, 2.24) is 5.43 Å². The molecule has 0 aliphatic heterocycles. The Bertz CT molecular complexity index is 1410. The molecule has 0 spiro atoms. The molecule has 0 unspecified atom stereocenters. The summed E-state index contributed by atoms with van der Waals surface area (Å²) in [6, 6.07) is 15.5. The van der Waals surface area contributed by atoms with Crippen LogP contribution in [-0.2, 0) is 14.8 Å². The van der Waals surface area contributed by atoms with E-state index in [0.717, 1.165) is 21.6 Å². The number of rotatable bonds is 8. The molecule has 1 N–H and O–H groups in total. The predicted octanol–water partition coefficient (Wildman–Crippen LogP) is 4.52. The second kappa shape index (κ2) is 10.7. The molecule has 9 nitrogen and oxygen atoms in total. The highest BCUT2D eigenvalue weighted by atomic mass is 35.5. The van der Waals surface area contributed by atoms with Gasteiger partial charge in [0.05, 0.1) is 21.7 Å². The first kappa shape index (κ1) is 25.9. The van der Waals surface area contributed by atoms with E-state index in [1.165, 1.54) is 30.3 Å². The number of carbonyl (C=O) groups is 1. The third-order valence-corrected chi connectivity index (χ3v) is 7.23. The number of aryl methyl sites for hydroxylation is 3. The summed E-state index contributed by atoms with van der Waals surface area (Å²) in [5.74, 6) is -0.709. The van der Waals surface area contributed by atoms with E-state index in [4.69, 9.17) is 11.6 Å². The van der Waals surface area contributed by atoms with E-state index in [-0.39, 0.29) is 21.2 Å². The van der Waals surface area contributed by atoms with Crippen LogP contribution in [0, 0.1) is 30.9 Å². The van der Waals surface area contributed by atoms with Gasteiger partial charge in [-0.15, -0.1) is 0 Å². The Morgan fingerprint density at radius 2 is 1.71 bits per heavy atom. The lowest BCUT2D eigenvalue weighted by Crippen LogP contribution is -2.40. The summed E-state index contributed by atoms with van der Waals surface area (Å²) >= 11 is 6.04. The fourth-order valence-electron chi connectivity index (χ4n) is 3.21. The Balaban J connectivity index is 1.89. The summed E-state index contributed by atoms with van der Waals surface area (Å²) in [6.45, 7) is 4.89. The summed E-state index contributed by atoms with van der Waals surface area (Å²) < 4.78 is 28.1. The first-order valence-electron chi connectivity index (χ1n) is 10.4. The predicted molar refractivity (Wildman–Crippen MR) is 135 cm³/mol. The highest BCUT2D eigenvalue weighted by Crippen LogP contribution is 2.28. The van der Waals surface area contributed by atoms with Gasteiger partial charge in [0.2, 0.25) is 0 Å². The van der Waals surface area contributed by atoms with Gasteiger partial charge < -0.3 is 0 Å². The van der Waals surface area contributed by atoms with Gasteiger partial charge in [0.1, 0.15) is 6.54 Å². The SMILES string of the molecule is Cc1ccc(S(=O)(=O)N(CC(=O)N/N=C\c2cc([N+](=O)[O-])ccc2Cl)c2cc(C)ccc2C)cc1. The van der Waals surface area contributed by atoms with Gasteiger partial charge in [-0.25, -0.2) is 13.8 Å². The highest BCUT2D eigenvalue weighted by molar-refractivity contribution is 7.92. The van der Waals surface area contributed by atoms with Crippen LogP contribution in [0.2, 0.25) is 5.02 Å². The molecule has 0 aromatic heterocycles. The number of amides is 1. The lowest BCUT2D eigenvalue weighted by molar-refractivity contribution is -0.384. The number of benzene rings is 3. The summed E-state index contributed by atoms with van der Waals surface area (Å²) in [5, 5.41) is 15.0. The largest absolute Gasteiger partial charge is 0.271 e. The molecular formula is C24H23ClN4O5S. The topological polar surface area (TPSA) is 122 Å². The van der Waals surface area contributed by atoms with Crippen LogP contribution in [0.15, 0.2) is 70.7 Å². The van der Waals surface area contributed by atoms with E-state index in [2.05, 4.69) is 10.5 Å². The van der Waals surface area contributed by atoms with Crippen molar-refractivity contribution in [2.24, 2.45) is 5.10 Å². The van der Waals surface area contributed by atoms with Crippen molar-refractivity contribution in [2.75, 3.05) is 10.8 Å². The molecule has 0 aliphatic carbocycles. The minimum atomic E-state index is -4.08. The number of nitro benzene ring substituents is 1. The Labute approximate surface area is 208 Å². The number of nitro groups is 1. The van der Waals surface area contributed by atoms with Crippen molar-refractivity contribution in [3.05, 3.63) is 98.1 Å². The maximum absolute atomic E-state index is 13.5. The zero-order valence-electron chi connectivity index (χ0n) is 19.2. The maximum Gasteiger partial charge on any atom is 0.270 e. The normalized spacial score (nSPS) is 11.4. The third-order valence-electron chi connectivity index (χ3n) is 5.11. The molecule has 0 heterocycles. The van der Waals surface area contributed by atoms with E-state index in [9.17, 15) is 23.3 Å². The van der Waals surface area contributed by atoms with E-state index in [0.29, 0.717) is 11.3 Å². The van der Waals surface area contributed by atoms with Gasteiger partial charge in [-0.3, -0.25) is 19.2 Å². The van der Waals surface area contributed by atoms with Crippen LogP contribution in [0.3, 0.4) is 0 Å². The number of nitrogens with one attached hydrogen (secondary N) is 1. The minimum absolute atomic E-state index is 0.0451. The number of hydrogen-bond donors (Lipinski definition) is 1. The van der Waals surface area contributed by atoms with Gasteiger partial charge in [0, 0.05) is 22.7 Å². The standard InChI is InChI=1S/C24H23ClN4O5S/c1-16-5-9-21(10-6-16)35(33,34)28(23-12-17(2)4-7-18(23)3)15-24(30)27-26-14-19-13-20(29(31)32)8-11-22(19)25/h4-14H,15H2,1-3H3,(H,27,30)/b26-14-. The Morgan fingerprint density at radius 3 is 2.37 bits per heavy atom. The van der Waals surface area contributed by atoms with Crippen molar-refractivity contribution in [2.45, 2.75) is 25.7 Å². The first-order chi connectivity index (χ1) is 16.5. The smallest absolute Gasteiger partial charge is 0.270 e. The number of nitrogens with zero attached hydrogens (tertiary/aromatic N) is 3. The molecule has 182 valence electrons. The molecule has 11 heteroatoms. The van der Waals surface area contributed by atoms with E-state index < -0.39 is 27.4 Å². The van der Waals surface area contributed by atoms with Crippen molar-refractivity contribution in [1.29, 1.82) is 0 Å². The fourth-order valence-corrected chi connectivity index (χ4v) is 4.85. The molecule has 0 radical (unpaired) electrons. The average Bonchev–Trinajstić information content (AvgIpc) is 2.80. The van der Waals surface area contributed by atoms with E-state index >= 15 is 0 Å². The molecule has 1 amide bonds. The average molecular weight is 515 g/mol. The molecule has 35 heavy (non-hydrogen) atoms. The lowest BCUT2D eigenvalue weighted by Gasteiger charge is -2.25. The van der Waals surface area contributed by atoms with Gasteiger partial charge >= 0.3 is 0 Å². The summed E-state index contributed by atoms with van der Waals surface area (Å²) in [5.41, 5.74) is 5.07. The molecule has 3 aromatic rings. The van der Waals surface area contributed by atoms with Gasteiger partial charge in [-0.05, 0) is 56.2 Å². The molecule has 0 saturated heterocycles. The molecule has 0 aliphatic rings. The quantitative estimate of drug-likeness (QED) is 0.269. The third kappa shape index (κ3) is 6.23. The number of non-ortho nitro benzene ring substituents is 1. The van der Waals surface area contributed by atoms with Gasteiger partial charge in [0.25, 0.3) is 21.6 Å². The lowest BCUT2D eigenvalue weighted by atomic mass is 10.1. The molecule has 0 saturated carbocycles. The van der Waals surface area contributed by atoms with Crippen molar-refractivity contribution in [3.8, 4) is 0 Å². The van der Waals surface area contributed by atoms with Gasteiger partial charge in [0.15, 0.2) is 0 Å². The van der Waals surface area contributed by atoms with E-state index in [1.807, 2.05) is 19.9 Å². The molecule has 0 atom stereocenters. The number of halogens is 1. The first-order valence-corrected chi connectivity index (χ1v) is 12.2. The van der Waals surface area contributed by atoms with Crippen LogP contribution >= 0.6 is 11.6 Å². The van der Waals surface area contributed by atoms with Crippen LogP contribution in [0.25, 0.3) is 0 Å².